The van der Waals surface area contributed by atoms with Crippen molar-refractivity contribution in [1.29, 1.82) is 0 Å². The minimum absolute atomic E-state index is 0.0441. The van der Waals surface area contributed by atoms with Gasteiger partial charge in [-0.25, -0.2) is 0 Å². The lowest BCUT2D eigenvalue weighted by molar-refractivity contribution is 0.103. The van der Waals surface area contributed by atoms with Crippen LogP contribution in [0, 0.1) is 13.8 Å². The Hall–Kier alpha value is -1.13. The number of hydrogen-bond acceptors (Lipinski definition) is 2. The average Bonchev–Trinajstić information content (AvgIpc) is 2.82. The summed E-state index contributed by atoms with van der Waals surface area (Å²) in [6, 6.07) is 7.97. The molecule has 0 aliphatic heterocycles. The van der Waals surface area contributed by atoms with Crippen molar-refractivity contribution < 1.29 is 4.79 Å². The fraction of sp³-hybridized carbons (Fsp3) is 0.267. The van der Waals surface area contributed by atoms with Gasteiger partial charge in [0, 0.05) is 9.35 Å². The van der Waals surface area contributed by atoms with Crippen LogP contribution in [0.1, 0.15) is 32.6 Å². The van der Waals surface area contributed by atoms with Crippen molar-refractivity contribution in [3.05, 3.63) is 49.6 Å². The van der Waals surface area contributed by atoms with E-state index < -0.39 is 0 Å². The molecule has 0 saturated carbocycles. The summed E-state index contributed by atoms with van der Waals surface area (Å²) < 4.78 is 0.922. The number of anilines is 1. The summed E-state index contributed by atoms with van der Waals surface area (Å²) in [5.41, 5.74) is 3.08. The molecule has 0 atom stereocenters. The van der Waals surface area contributed by atoms with Crippen molar-refractivity contribution in [2.45, 2.75) is 27.2 Å². The van der Waals surface area contributed by atoms with Crippen LogP contribution in [0.3, 0.4) is 0 Å². The first-order valence-corrected chi connectivity index (χ1v) is 7.79. The van der Waals surface area contributed by atoms with Crippen molar-refractivity contribution in [3.8, 4) is 0 Å². The molecule has 100 valence electrons. The molecule has 1 heterocycles. The van der Waals surface area contributed by atoms with Gasteiger partial charge in [0.15, 0.2) is 0 Å². The topological polar surface area (TPSA) is 29.1 Å². The van der Waals surface area contributed by atoms with Crippen LogP contribution in [-0.4, -0.2) is 5.91 Å². The zero-order valence-corrected chi connectivity index (χ0v) is 13.6. The highest BCUT2D eigenvalue weighted by Gasteiger charge is 2.12. The smallest absolute Gasteiger partial charge is 0.265 e. The van der Waals surface area contributed by atoms with Gasteiger partial charge in [-0.1, -0.05) is 13.0 Å². The van der Waals surface area contributed by atoms with Crippen LogP contribution < -0.4 is 5.32 Å². The second-order valence-electron chi connectivity index (χ2n) is 4.51. The third-order valence-corrected chi connectivity index (χ3v) is 4.76. The van der Waals surface area contributed by atoms with Gasteiger partial charge in [0.05, 0.1) is 10.6 Å². The number of carbonyl (C=O) groups excluding carboxylic acids is 1. The molecule has 4 heteroatoms. The molecule has 0 aliphatic carbocycles. The lowest BCUT2D eigenvalue weighted by Gasteiger charge is -2.11. The van der Waals surface area contributed by atoms with E-state index in [0.29, 0.717) is 0 Å². The average molecular weight is 338 g/mol. The van der Waals surface area contributed by atoms with Gasteiger partial charge in [0.2, 0.25) is 0 Å². The third-order valence-electron chi connectivity index (χ3n) is 2.90. The molecule has 0 radical (unpaired) electrons. The molecule has 19 heavy (non-hydrogen) atoms. The van der Waals surface area contributed by atoms with Crippen molar-refractivity contribution in [2.75, 3.05) is 5.32 Å². The van der Waals surface area contributed by atoms with E-state index in [1.165, 1.54) is 10.4 Å². The van der Waals surface area contributed by atoms with Gasteiger partial charge < -0.3 is 5.32 Å². The standard InChI is InChI=1S/C15H16BrNOS/c1-4-11-5-6-13(19-11)15(18)17-14-10(3)7-9(2)8-12(14)16/h5-8H,4H2,1-3H3,(H,17,18). The first-order valence-electron chi connectivity index (χ1n) is 6.18. The quantitative estimate of drug-likeness (QED) is 0.844. The van der Waals surface area contributed by atoms with Crippen LogP contribution in [0.15, 0.2) is 28.7 Å². The second-order valence-corrected chi connectivity index (χ2v) is 6.53. The molecule has 0 aliphatic rings. The highest BCUT2D eigenvalue weighted by Crippen LogP contribution is 2.29. The summed E-state index contributed by atoms with van der Waals surface area (Å²) in [4.78, 5) is 14.2. The molecule has 1 N–H and O–H groups in total. The Labute approximate surface area is 126 Å². The molecule has 1 aromatic carbocycles. The number of thiophene rings is 1. The van der Waals surface area contributed by atoms with Gasteiger partial charge in [-0.05, 0) is 65.5 Å². The van der Waals surface area contributed by atoms with Gasteiger partial charge in [0.25, 0.3) is 5.91 Å². The summed E-state index contributed by atoms with van der Waals surface area (Å²) in [6.07, 6.45) is 0.963. The van der Waals surface area contributed by atoms with E-state index in [9.17, 15) is 4.79 Å². The number of rotatable bonds is 3. The Morgan fingerprint density at radius 1 is 1.32 bits per heavy atom. The molecule has 0 bridgehead atoms. The van der Waals surface area contributed by atoms with Crippen LogP contribution in [-0.2, 0) is 6.42 Å². The highest BCUT2D eigenvalue weighted by atomic mass is 79.9. The maximum Gasteiger partial charge on any atom is 0.265 e. The van der Waals surface area contributed by atoms with Gasteiger partial charge in [-0.3, -0.25) is 4.79 Å². The molecule has 2 rings (SSSR count). The number of benzene rings is 1. The Bertz CT molecular complexity index is 595. The molecule has 0 spiro atoms. The van der Waals surface area contributed by atoms with Crippen LogP contribution >= 0.6 is 27.3 Å². The fourth-order valence-corrected chi connectivity index (χ4v) is 3.55. The number of carbonyl (C=O) groups is 1. The normalized spacial score (nSPS) is 10.5. The molecule has 0 saturated heterocycles. The van der Waals surface area contributed by atoms with E-state index in [4.69, 9.17) is 0 Å². The largest absolute Gasteiger partial charge is 0.320 e. The fourth-order valence-electron chi connectivity index (χ4n) is 1.94. The van der Waals surface area contributed by atoms with Gasteiger partial charge in [-0.15, -0.1) is 11.3 Å². The summed E-state index contributed by atoms with van der Waals surface area (Å²) >= 11 is 5.05. The highest BCUT2D eigenvalue weighted by molar-refractivity contribution is 9.10. The Kier molecular flexibility index (Phi) is 4.42. The van der Waals surface area contributed by atoms with E-state index in [-0.39, 0.29) is 5.91 Å². The second kappa shape index (κ2) is 5.88. The maximum absolute atomic E-state index is 12.2. The van der Waals surface area contributed by atoms with Gasteiger partial charge in [0.1, 0.15) is 0 Å². The summed E-state index contributed by atoms with van der Waals surface area (Å²) in [7, 11) is 0. The first-order chi connectivity index (χ1) is 9.01. The minimum Gasteiger partial charge on any atom is -0.320 e. The predicted octanol–water partition coefficient (Wildman–Crippen LogP) is 4.94. The van der Waals surface area contributed by atoms with Crippen molar-refractivity contribution in [3.63, 3.8) is 0 Å². The van der Waals surface area contributed by atoms with E-state index in [1.807, 2.05) is 32.0 Å². The van der Waals surface area contributed by atoms with Crippen molar-refractivity contribution in [2.24, 2.45) is 0 Å². The molecular weight excluding hydrogens is 322 g/mol. The number of nitrogens with one attached hydrogen (secondary N) is 1. The van der Waals surface area contributed by atoms with Crippen LogP contribution in [0.25, 0.3) is 0 Å². The Morgan fingerprint density at radius 3 is 2.63 bits per heavy atom. The lowest BCUT2D eigenvalue weighted by atomic mass is 10.1. The Balaban J connectivity index is 2.24. The lowest BCUT2D eigenvalue weighted by Crippen LogP contribution is -2.11. The molecule has 0 fully saturated rings. The molecule has 1 amide bonds. The Morgan fingerprint density at radius 2 is 2.05 bits per heavy atom. The third kappa shape index (κ3) is 3.25. The molecule has 2 nitrogen and oxygen atoms in total. The van der Waals surface area contributed by atoms with E-state index >= 15 is 0 Å². The first kappa shape index (κ1) is 14.3. The van der Waals surface area contributed by atoms with Crippen LogP contribution in [0.4, 0.5) is 5.69 Å². The zero-order chi connectivity index (χ0) is 14.0. The van der Waals surface area contributed by atoms with E-state index in [0.717, 1.165) is 27.0 Å². The van der Waals surface area contributed by atoms with Crippen molar-refractivity contribution in [1.82, 2.24) is 0 Å². The summed E-state index contributed by atoms with van der Waals surface area (Å²) in [5.74, 6) is -0.0441. The molecule has 1 aromatic heterocycles. The zero-order valence-electron chi connectivity index (χ0n) is 11.2. The van der Waals surface area contributed by atoms with Gasteiger partial charge in [-0.2, -0.15) is 0 Å². The van der Waals surface area contributed by atoms with Crippen molar-refractivity contribution >= 4 is 38.9 Å². The predicted molar refractivity (Wildman–Crippen MR) is 85.3 cm³/mol. The van der Waals surface area contributed by atoms with Gasteiger partial charge >= 0.3 is 0 Å². The molecule has 2 aromatic rings. The van der Waals surface area contributed by atoms with Crippen LogP contribution in [0.5, 0.6) is 0 Å². The van der Waals surface area contributed by atoms with Crippen LogP contribution in [0.2, 0.25) is 0 Å². The maximum atomic E-state index is 12.2. The number of hydrogen-bond donors (Lipinski definition) is 1. The minimum atomic E-state index is -0.0441. The van der Waals surface area contributed by atoms with E-state index in [2.05, 4.69) is 34.2 Å². The van der Waals surface area contributed by atoms with E-state index in [1.54, 1.807) is 11.3 Å². The number of amides is 1. The number of halogens is 1. The SMILES string of the molecule is CCc1ccc(C(=O)Nc2c(C)cc(C)cc2Br)s1. The number of aryl methyl sites for hydroxylation is 3. The monoisotopic (exact) mass is 337 g/mol. The summed E-state index contributed by atoms with van der Waals surface area (Å²) in [6.45, 7) is 6.13. The molecular formula is C15H16BrNOS. The molecule has 0 unspecified atom stereocenters. The summed E-state index contributed by atoms with van der Waals surface area (Å²) in [5, 5.41) is 2.98.